The van der Waals surface area contributed by atoms with Crippen LogP contribution in [0.25, 0.3) is 0 Å². The Morgan fingerprint density at radius 3 is 2.64 bits per heavy atom. The maximum absolute atomic E-state index is 11.7. The first-order valence-electron chi connectivity index (χ1n) is 3.99. The first-order chi connectivity index (χ1) is 6.33. The van der Waals surface area contributed by atoms with Crippen molar-refractivity contribution >= 4 is 5.91 Å². The minimum Gasteiger partial charge on any atom is -0.386 e. The number of rotatable bonds is 2. The molecule has 4 nitrogen and oxygen atoms in total. The molecule has 1 saturated heterocycles. The van der Waals surface area contributed by atoms with Crippen LogP contribution in [0.1, 0.15) is 6.42 Å². The Bertz CT molecular complexity index is 223. The lowest BCUT2D eigenvalue weighted by Gasteiger charge is -2.20. The Morgan fingerprint density at radius 2 is 2.21 bits per heavy atom. The van der Waals surface area contributed by atoms with Gasteiger partial charge in [-0.25, -0.2) is 0 Å². The molecule has 1 heterocycles. The van der Waals surface area contributed by atoms with Crippen molar-refractivity contribution in [1.82, 2.24) is 5.32 Å². The smallest absolute Gasteiger partial charge is 0.386 e. The molecule has 1 aliphatic heterocycles. The van der Waals surface area contributed by atoms with Gasteiger partial charge in [0.2, 0.25) is 0 Å². The second-order valence-corrected chi connectivity index (χ2v) is 3.21. The van der Waals surface area contributed by atoms with E-state index < -0.39 is 24.2 Å². The van der Waals surface area contributed by atoms with Gasteiger partial charge < -0.3 is 15.2 Å². The molecule has 1 amide bonds. The summed E-state index contributed by atoms with van der Waals surface area (Å²) in [6.45, 7) is -0.200. The lowest BCUT2D eigenvalue weighted by atomic mass is 10.0. The van der Waals surface area contributed by atoms with Crippen LogP contribution in [0.4, 0.5) is 13.2 Å². The summed E-state index contributed by atoms with van der Waals surface area (Å²) < 4.78 is 40.0. The fraction of sp³-hybridized carbons (Fsp3) is 0.857. The molecular formula is C7H10F3NO3. The van der Waals surface area contributed by atoms with Crippen LogP contribution in [0.15, 0.2) is 0 Å². The molecule has 1 aliphatic rings. The van der Waals surface area contributed by atoms with Gasteiger partial charge >= 0.3 is 12.1 Å². The third-order valence-corrected chi connectivity index (χ3v) is 1.92. The zero-order chi connectivity index (χ0) is 10.8. The highest BCUT2D eigenvalue weighted by Gasteiger charge is 2.41. The minimum absolute atomic E-state index is 0.0505. The van der Waals surface area contributed by atoms with E-state index in [1.165, 1.54) is 0 Å². The highest BCUT2D eigenvalue weighted by atomic mass is 19.4. The molecular weight excluding hydrogens is 203 g/mol. The lowest BCUT2D eigenvalue weighted by Crippen LogP contribution is -2.47. The van der Waals surface area contributed by atoms with E-state index in [1.807, 2.05) is 0 Å². The molecule has 1 unspecified atom stereocenters. The molecule has 2 N–H and O–H groups in total. The van der Waals surface area contributed by atoms with Crippen LogP contribution in [0.3, 0.4) is 0 Å². The minimum atomic E-state index is -4.91. The first kappa shape index (κ1) is 11.3. The van der Waals surface area contributed by atoms with Gasteiger partial charge in [-0.2, -0.15) is 13.2 Å². The van der Waals surface area contributed by atoms with Crippen LogP contribution >= 0.6 is 0 Å². The van der Waals surface area contributed by atoms with Gasteiger partial charge in [0, 0.05) is 19.6 Å². The first-order valence-corrected chi connectivity index (χ1v) is 3.99. The summed E-state index contributed by atoms with van der Waals surface area (Å²) in [7, 11) is 0. The Labute approximate surface area is 78.0 Å². The van der Waals surface area contributed by atoms with Gasteiger partial charge in [-0.15, -0.1) is 0 Å². The molecule has 0 saturated carbocycles. The third-order valence-electron chi connectivity index (χ3n) is 1.92. The number of hydrogen-bond acceptors (Lipinski definition) is 3. The Morgan fingerprint density at radius 1 is 1.57 bits per heavy atom. The van der Waals surface area contributed by atoms with Crippen molar-refractivity contribution < 1.29 is 27.8 Å². The van der Waals surface area contributed by atoms with Gasteiger partial charge in [0.05, 0.1) is 6.61 Å². The number of amides is 1. The van der Waals surface area contributed by atoms with Gasteiger partial charge in [-0.3, -0.25) is 4.79 Å². The van der Waals surface area contributed by atoms with E-state index in [4.69, 9.17) is 4.74 Å². The van der Waals surface area contributed by atoms with Crippen molar-refractivity contribution in [3.63, 3.8) is 0 Å². The summed E-state index contributed by atoms with van der Waals surface area (Å²) in [5.74, 6) is -2.04. The van der Waals surface area contributed by atoms with Crippen LogP contribution in [0, 0.1) is 0 Å². The fourth-order valence-electron chi connectivity index (χ4n) is 1.08. The SMILES string of the molecule is O=C(NCC1(O)CCOC1)C(F)(F)F. The van der Waals surface area contributed by atoms with Gasteiger partial charge in [0.15, 0.2) is 0 Å². The summed E-state index contributed by atoms with van der Waals surface area (Å²) in [4.78, 5) is 10.4. The highest BCUT2D eigenvalue weighted by Crippen LogP contribution is 2.18. The molecule has 1 rings (SSSR count). The van der Waals surface area contributed by atoms with Crippen LogP contribution in [-0.2, 0) is 9.53 Å². The fourth-order valence-corrected chi connectivity index (χ4v) is 1.08. The third kappa shape index (κ3) is 2.85. The van der Waals surface area contributed by atoms with Crippen molar-refractivity contribution in [2.45, 2.75) is 18.2 Å². The predicted molar refractivity (Wildman–Crippen MR) is 39.5 cm³/mol. The molecule has 14 heavy (non-hydrogen) atoms. The van der Waals surface area contributed by atoms with Crippen molar-refractivity contribution in [2.24, 2.45) is 0 Å². The number of carbonyl (C=O) groups is 1. The average Bonchev–Trinajstić information content (AvgIpc) is 2.47. The van der Waals surface area contributed by atoms with E-state index in [0.717, 1.165) is 0 Å². The van der Waals surface area contributed by atoms with Crippen LogP contribution in [0.2, 0.25) is 0 Å². The van der Waals surface area contributed by atoms with E-state index in [1.54, 1.807) is 5.32 Å². The maximum Gasteiger partial charge on any atom is 0.471 e. The van der Waals surface area contributed by atoms with Gasteiger partial charge in [0.25, 0.3) is 0 Å². The molecule has 0 aliphatic carbocycles. The molecule has 0 spiro atoms. The van der Waals surface area contributed by atoms with E-state index in [0.29, 0.717) is 6.61 Å². The summed E-state index contributed by atoms with van der Waals surface area (Å²) >= 11 is 0. The number of nitrogens with one attached hydrogen (secondary N) is 1. The average molecular weight is 213 g/mol. The monoisotopic (exact) mass is 213 g/mol. The summed E-state index contributed by atoms with van der Waals surface area (Å²) in [6.07, 6.45) is -4.68. The highest BCUT2D eigenvalue weighted by molar-refractivity contribution is 5.81. The maximum atomic E-state index is 11.7. The van der Waals surface area contributed by atoms with E-state index in [9.17, 15) is 23.1 Å². The Hall–Kier alpha value is -0.820. The van der Waals surface area contributed by atoms with Crippen molar-refractivity contribution in [1.29, 1.82) is 0 Å². The number of halogens is 3. The second-order valence-electron chi connectivity index (χ2n) is 3.21. The topological polar surface area (TPSA) is 58.6 Å². The molecule has 0 aromatic heterocycles. The Kier molecular flexibility index (Phi) is 3.01. The standard InChI is InChI=1S/C7H10F3NO3/c8-7(9,10)5(12)11-3-6(13)1-2-14-4-6/h13H,1-4H2,(H,11,12). The molecule has 1 fully saturated rings. The molecule has 1 atom stereocenters. The zero-order valence-corrected chi connectivity index (χ0v) is 7.23. The van der Waals surface area contributed by atoms with Crippen molar-refractivity contribution in [2.75, 3.05) is 19.8 Å². The number of hydrogen-bond donors (Lipinski definition) is 2. The van der Waals surface area contributed by atoms with Gasteiger partial charge in [-0.05, 0) is 0 Å². The van der Waals surface area contributed by atoms with Crippen molar-refractivity contribution in [3.8, 4) is 0 Å². The van der Waals surface area contributed by atoms with Crippen molar-refractivity contribution in [3.05, 3.63) is 0 Å². The lowest BCUT2D eigenvalue weighted by molar-refractivity contribution is -0.174. The normalized spacial score (nSPS) is 27.7. The van der Waals surface area contributed by atoms with E-state index in [-0.39, 0.29) is 13.0 Å². The van der Waals surface area contributed by atoms with Crippen LogP contribution in [-0.4, -0.2) is 42.5 Å². The molecule has 0 bridgehead atoms. The molecule has 0 radical (unpaired) electrons. The summed E-state index contributed by atoms with van der Waals surface area (Å²) in [5, 5.41) is 11.1. The number of ether oxygens (including phenoxy) is 1. The quantitative estimate of drug-likeness (QED) is 0.668. The summed E-state index contributed by atoms with van der Waals surface area (Å²) in [5.41, 5.74) is -1.36. The Balaban J connectivity index is 2.37. The summed E-state index contributed by atoms with van der Waals surface area (Å²) in [6, 6.07) is 0. The predicted octanol–water partition coefficient (Wildman–Crippen LogP) is -0.184. The van der Waals surface area contributed by atoms with Crippen LogP contribution in [0.5, 0.6) is 0 Å². The van der Waals surface area contributed by atoms with E-state index in [2.05, 4.69) is 0 Å². The number of alkyl halides is 3. The molecule has 0 aromatic carbocycles. The molecule has 0 aromatic rings. The second kappa shape index (κ2) is 3.74. The van der Waals surface area contributed by atoms with E-state index >= 15 is 0 Å². The molecule has 7 heteroatoms. The van der Waals surface area contributed by atoms with Crippen LogP contribution < -0.4 is 5.32 Å². The largest absolute Gasteiger partial charge is 0.471 e. The molecule has 82 valence electrons. The van der Waals surface area contributed by atoms with Gasteiger partial charge in [-0.1, -0.05) is 0 Å². The zero-order valence-electron chi connectivity index (χ0n) is 7.23. The number of aliphatic hydroxyl groups is 1. The van der Waals surface area contributed by atoms with Gasteiger partial charge in [0.1, 0.15) is 5.60 Å². The number of carbonyl (C=O) groups excluding carboxylic acids is 1.